The summed E-state index contributed by atoms with van der Waals surface area (Å²) in [6, 6.07) is 8.92. The molecule has 0 aliphatic rings. The van der Waals surface area contributed by atoms with Crippen LogP contribution in [0.25, 0.3) is 0 Å². The topological polar surface area (TPSA) is 83.8 Å². The Morgan fingerprint density at radius 3 is 2.18 bits per heavy atom. The number of esters is 1. The lowest BCUT2D eigenvalue weighted by Crippen LogP contribution is -2.18. The van der Waals surface area contributed by atoms with Gasteiger partial charge in [-0.2, -0.15) is 0 Å². The zero-order valence-corrected chi connectivity index (χ0v) is 12.7. The lowest BCUT2D eigenvalue weighted by atomic mass is 10.1. The van der Waals surface area contributed by atoms with Crippen LogP contribution in [-0.4, -0.2) is 34.9 Å². The third-order valence-electron chi connectivity index (χ3n) is 3.40. The van der Waals surface area contributed by atoms with Crippen LogP contribution in [0.15, 0.2) is 30.3 Å². The second-order valence-electron chi connectivity index (χ2n) is 5.27. The Bertz CT molecular complexity index is 444. The smallest absolute Gasteiger partial charge is 0.338 e. The van der Waals surface area contributed by atoms with Crippen molar-refractivity contribution in [2.45, 2.75) is 51.0 Å². The Morgan fingerprint density at radius 1 is 0.955 bits per heavy atom. The van der Waals surface area contributed by atoms with Crippen molar-refractivity contribution in [1.82, 2.24) is 0 Å². The molecule has 122 valence electrons. The van der Waals surface area contributed by atoms with E-state index in [0.29, 0.717) is 18.6 Å². The molecule has 0 bridgehead atoms. The largest absolute Gasteiger partial charge is 0.479 e. The minimum absolute atomic E-state index is 0.289. The van der Waals surface area contributed by atoms with Gasteiger partial charge in [-0.1, -0.05) is 50.3 Å². The van der Waals surface area contributed by atoms with Crippen LogP contribution in [0.3, 0.4) is 0 Å². The summed E-state index contributed by atoms with van der Waals surface area (Å²) in [5.41, 5.74) is 0.569. The summed E-state index contributed by atoms with van der Waals surface area (Å²) in [4.78, 5) is 22.0. The fourth-order valence-electron chi connectivity index (χ4n) is 2.09. The van der Waals surface area contributed by atoms with Crippen LogP contribution in [0.5, 0.6) is 0 Å². The molecule has 2 N–H and O–H groups in total. The lowest BCUT2D eigenvalue weighted by Gasteiger charge is -2.06. The molecule has 0 saturated heterocycles. The molecule has 1 unspecified atom stereocenters. The van der Waals surface area contributed by atoms with E-state index in [-0.39, 0.29) is 5.97 Å². The number of hydrogen-bond donors (Lipinski definition) is 2. The van der Waals surface area contributed by atoms with E-state index in [9.17, 15) is 9.59 Å². The van der Waals surface area contributed by atoms with Crippen LogP contribution in [0, 0.1) is 0 Å². The summed E-state index contributed by atoms with van der Waals surface area (Å²) < 4.78 is 5.18. The molecule has 5 nitrogen and oxygen atoms in total. The molecule has 0 spiro atoms. The average Bonchev–Trinajstić information content (AvgIpc) is 2.53. The van der Waals surface area contributed by atoms with Crippen molar-refractivity contribution >= 4 is 11.9 Å². The van der Waals surface area contributed by atoms with Crippen LogP contribution < -0.4 is 0 Å². The van der Waals surface area contributed by atoms with Gasteiger partial charge in [-0.25, -0.2) is 9.59 Å². The van der Waals surface area contributed by atoms with Crippen LogP contribution >= 0.6 is 0 Å². The van der Waals surface area contributed by atoms with Crippen LogP contribution in [-0.2, 0) is 9.53 Å². The van der Waals surface area contributed by atoms with Crippen molar-refractivity contribution in [3.63, 3.8) is 0 Å². The van der Waals surface area contributed by atoms with E-state index < -0.39 is 12.1 Å². The number of aliphatic hydroxyl groups excluding tert-OH is 1. The molecule has 5 heteroatoms. The summed E-state index contributed by atoms with van der Waals surface area (Å²) in [7, 11) is 0. The first kappa shape index (κ1) is 18.2. The quantitative estimate of drug-likeness (QED) is 0.485. The maximum atomic E-state index is 11.6. The Labute approximate surface area is 130 Å². The van der Waals surface area contributed by atoms with Crippen molar-refractivity contribution < 1.29 is 24.5 Å². The number of carboxylic acids is 1. The molecule has 0 heterocycles. The van der Waals surface area contributed by atoms with Crippen molar-refractivity contribution in [1.29, 1.82) is 0 Å². The standard InChI is InChI=1S/C17H24O5/c18-15(16(19)20)12-8-3-1-2-4-9-13-22-17(21)14-10-6-5-7-11-14/h5-7,10-11,15,18H,1-4,8-9,12-13H2,(H,19,20). The molecule has 0 saturated carbocycles. The van der Waals surface area contributed by atoms with Crippen molar-refractivity contribution in [2.75, 3.05) is 6.61 Å². The highest BCUT2D eigenvalue weighted by atomic mass is 16.5. The number of carboxylic acid groups (broad SMARTS) is 1. The maximum Gasteiger partial charge on any atom is 0.338 e. The Hall–Kier alpha value is -1.88. The highest BCUT2D eigenvalue weighted by Crippen LogP contribution is 2.09. The first-order valence-electron chi connectivity index (χ1n) is 7.74. The number of benzene rings is 1. The molecule has 0 aliphatic carbocycles. The Morgan fingerprint density at radius 2 is 1.55 bits per heavy atom. The van der Waals surface area contributed by atoms with Gasteiger partial charge < -0.3 is 14.9 Å². The summed E-state index contributed by atoms with van der Waals surface area (Å²) in [5.74, 6) is -1.44. The number of unbranched alkanes of at least 4 members (excludes halogenated alkanes) is 5. The number of hydrogen-bond acceptors (Lipinski definition) is 4. The predicted molar refractivity (Wildman–Crippen MR) is 82.7 cm³/mol. The summed E-state index contributed by atoms with van der Waals surface area (Å²) >= 11 is 0. The second kappa shape index (κ2) is 10.8. The van der Waals surface area contributed by atoms with Crippen molar-refractivity contribution in [3.8, 4) is 0 Å². The molecule has 0 amide bonds. The Balaban J connectivity index is 1.94. The van der Waals surface area contributed by atoms with Crippen LogP contribution in [0.2, 0.25) is 0 Å². The third kappa shape index (κ3) is 7.78. The molecule has 0 fully saturated rings. The first-order chi connectivity index (χ1) is 10.6. The number of carbonyl (C=O) groups excluding carboxylic acids is 1. The van der Waals surface area contributed by atoms with E-state index in [2.05, 4.69) is 0 Å². The summed E-state index contributed by atoms with van der Waals surface area (Å²) in [5, 5.41) is 17.6. The molecule has 0 radical (unpaired) electrons. The molecule has 1 aromatic carbocycles. The molecule has 22 heavy (non-hydrogen) atoms. The fourth-order valence-corrected chi connectivity index (χ4v) is 2.09. The van der Waals surface area contributed by atoms with Crippen molar-refractivity contribution in [2.24, 2.45) is 0 Å². The van der Waals surface area contributed by atoms with E-state index in [4.69, 9.17) is 14.9 Å². The highest BCUT2D eigenvalue weighted by Gasteiger charge is 2.11. The second-order valence-corrected chi connectivity index (χ2v) is 5.27. The first-order valence-corrected chi connectivity index (χ1v) is 7.74. The fraction of sp³-hybridized carbons (Fsp3) is 0.529. The molecule has 1 aromatic rings. The number of carbonyl (C=O) groups is 2. The summed E-state index contributed by atoms with van der Waals surface area (Å²) in [6.45, 7) is 0.422. The maximum absolute atomic E-state index is 11.6. The van der Waals surface area contributed by atoms with Gasteiger partial charge in [0.25, 0.3) is 0 Å². The van der Waals surface area contributed by atoms with Gasteiger partial charge in [0.05, 0.1) is 12.2 Å². The van der Waals surface area contributed by atoms with Gasteiger partial charge >= 0.3 is 11.9 Å². The number of aliphatic carboxylic acids is 1. The lowest BCUT2D eigenvalue weighted by molar-refractivity contribution is -0.146. The molecular weight excluding hydrogens is 284 g/mol. The molecule has 0 aromatic heterocycles. The number of ether oxygens (including phenoxy) is 1. The van der Waals surface area contributed by atoms with Gasteiger partial charge in [0, 0.05) is 0 Å². The van der Waals surface area contributed by atoms with E-state index in [1.165, 1.54) is 0 Å². The van der Waals surface area contributed by atoms with E-state index in [1.807, 2.05) is 6.07 Å². The highest BCUT2D eigenvalue weighted by molar-refractivity contribution is 5.89. The van der Waals surface area contributed by atoms with E-state index in [0.717, 1.165) is 38.5 Å². The predicted octanol–water partition coefficient (Wildman–Crippen LogP) is 3.02. The molecular formula is C17H24O5. The van der Waals surface area contributed by atoms with Gasteiger partial charge in [-0.05, 0) is 25.0 Å². The molecule has 1 atom stereocenters. The molecule has 0 aliphatic heterocycles. The average molecular weight is 308 g/mol. The van der Waals surface area contributed by atoms with E-state index >= 15 is 0 Å². The van der Waals surface area contributed by atoms with Gasteiger partial charge in [0.2, 0.25) is 0 Å². The van der Waals surface area contributed by atoms with Crippen LogP contribution in [0.1, 0.15) is 55.3 Å². The Kier molecular flexibility index (Phi) is 8.91. The van der Waals surface area contributed by atoms with Crippen molar-refractivity contribution in [3.05, 3.63) is 35.9 Å². The normalized spacial score (nSPS) is 11.9. The van der Waals surface area contributed by atoms with Crippen LogP contribution in [0.4, 0.5) is 0 Å². The number of rotatable bonds is 11. The van der Waals surface area contributed by atoms with E-state index in [1.54, 1.807) is 24.3 Å². The van der Waals surface area contributed by atoms with Gasteiger partial charge in [-0.15, -0.1) is 0 Å². The minimum atomic E-state index is -1.24. The number of aliphatic hydroxyl groups is 1. The minimum Gasteiger partial charge on any atom is -0.479 e. The third-order valence-corrected chi connectivity index (χ3v) is 3.40. The summed E-state index contributed by atoms with van der Waals surface area (Å²) in [6.07, 6.45) is 4.52. The zero-order chi connectivity index (χ0) is 16.2. The van der Waals surface area contributed by atoms with Gasteiger partial charge in [-0.3, -0.25) is 0 Å². The van der Waals surface area contributed by atoms with Gasteiger partial charge in [0.15, 0.2) is 6.10 Å². The molecule has 1 rings (SSSR count). The van der Waals surface area contributed by atoms with Gasteiger partial charge in [0.1, 0.15) is 0 Å². The zero-order valence-electron chi connectivity index (χ0n) is 12.7. The SMILES string of the molecule is O=C(OCCCCCCCCC(O)C(=O)O)c1ccccc1. The monoisotopic (exact) mass is 308 g/mol.